The molecule has 1 aromatic heterocycles. The van der Waals surface area contributed by atoms with Crippen LogP contribution in [0.15, 0.2) is 24.5 Å². The van der Waals surface area contributed by atoms with Gasteiger partial charge in [0, 0.05) is 17.9 Å². The van der Waals surface area contributed by atoms with E-state index in [0.29, 0.717) is 5.54 Å². The van der Waals surface area contributed by atoms with Crippen molar-refractivity contribution >= 4 is 0 Å². The largest absolute Gasteiger partial charge is 0.349 e. The lowest BCUT2D eigenvalue weighted by atomic mass is 9.87. The van der Waals surface area contributed by atoms with Gasteiger partial charge in [0.05, 0.1) is 0 Å². The highest BCUT2D eigenvalue weighted by molar-refractivity contribution is 4.97. The number of hydrogen-bond acceptors (Lipinski definition) is 0. The summed E-state index contributed by atoms with van der Waals surface area (Å²) in [5, 5.41) is 0. The van der Waals surface area contributed by atoms with Crippen molar-refractivity contribution in [3.63, 3.8) is 0 Å². The highest BCUT2D eigenvalue weighted by Crippen LogP contribution is 2.30. The first-order chi connectivity index (χ1) is 9.81. The van der Waals surface area contributed by atoms with Crippen molar-refractivity contribution < 1.29 is 0 Å². The summed E-state index contributed by atoms with van der Waals surface area (Å²) < 4.78 is 2.47. The Labute approximate surface area is 125 Å². The van der Waals surface area contributed by atoms with Crippen molar-refractivity contribution in [3.05, 3.63) is 24.5 Å². The van der Waals surface area contributed by atoms with Gasteiger partial charge < -0.3 is 4.57 Å². The Kier molecular flexibility index (Phi) is 6.69. The van der Waals surface area contributed by atoms with Crippen LogP contribution in [0.5, 0.6) is 0 Å². The van der Waals surface area contributed by atoms with Gasteiger partial charge in [-0.05, 0) is 31.9 Å². The van der Waals surface area contributed by atoms with Gasteiger partial charge in [-0.25, -0.2) is 0 Å². The Hall–Kier alpha value is -0.720. The minimum Gasteiger partial charge on any atom is -0.349 e. The molecule has 0 N–H and O–H groups in total. The van der Waals surface area contributed by atoms with Gasteiger partial charge in [-0.3, -0.25) is 0 Å². The van der Waals surface area contributed by atoms with Crippen molar-refractivity contribution in [3.8, 4) is 0 Å². The van der Waals surface area contributed by atoms with Crippen molar-refractivity contribution in [2.24, 2.45) is 0 Å². The lowest BCUT2D eigenvalue weighted by molar-refractivity contribution is 0.250. The summed E-state index contributed by atoms with van der Waals surface area (Å²) >= 11 is 0. The molecule has 1 fully saturated rings. The van der Waals surface area contributed by atoms with Crippen LogP contribution in [-0.4, -0.2) is 4.57 Å². The molecule has 1 nitrogen and oxygen atoms in total. The van der Waals surface area contributed by atoms with Crippen LogP contribution in [0, 0.1) is 0 Å². The third kappa shape index (κ3) is 5.00. The molecule has 0 amide bonds. The first-order valence-corrected chi connectivity index (χ1v) is 8.95. The SMILES string of the molecule is CC1(n2cccc2)CCCCCCCCCCCCC1. The zero-order valence-corrected chi connectivity index (χ0v) is 13.4. The molecule has 1 saturated carbocycles. The number of rotatable bonds is 1. The molecule has 0 bridgehead atoms. The van der Waals surface area contributed by atoms with E-state index in [0.717, 1.165) is 0 Å². The van der Waals surface area contributed by atoms with Crippen LogP contribution in [0.1, 0.15) is 90.4 Å². The maximum atomic E-state index is 2.47. The van der Waals surface area contributed by atoms with E-state index < -0.39 is 0 Å². The molecule has 0 atom stereocenters. The van der Waals surface area contributed by atoms with Gasteiger partial charge in [-0.15, -0.1) is 0 Å². The molecule has 1 aliphatic rings. The monoisotopic (exact) mass is 275 g/mol. The molecule has 1 heteroatoms. The van der Waals surface area contributed by atoms with Crippen LogP contribution >= 0.6 is 0 Å². The Balaban J connectivity index is 1.90. The van der Waals surface area contributed by atoms with E-state index in [1.165, 1.54) is 83.5 Å². The average Bonchev–Trinajstić information content (AvgIpc) is 2.98. The fourth-order valence-corrected chi connectivity index (χ4v) is 3.68. The molecule has 0 radical (unpaired) electrons. The normalized spacial score (nSPS) is 23.1. The second-order valence-corrected chi connectivity index (χ2v) is 6.98. The minimum absolute atomic E-state index is 0.355. The zero-order valence-electron chi connectivity index (χ0n) is 13.4. The standard InChI is InChI=1S/C19H33N/c1-19(20-17-13-14-18-20)15-11-9-7-5-3-2-4-6-8-10-12-16-19/h13-14,17-18H,2-12,15-16H2,1H3. The highest BCUT2D eigenvalue weighted by Gasteiger charge is 2.24. The predicted octanol–water partition coefficient (Wildman–Crippen LogP) is 6.29. The van der Waals surface area contributed by atoms with Gasteiger partial charge in [0.2, 0.25) is 0 Å². The molecule has 0 spiro atoms. The molecule has 0 aliphatic heterocycles. The molecular formula is C19H33N. The lowest BCUT2D eigenvalue weighted by Crippen LogP contribution is -2.29. The van der Waals surface area contributed by atoms with Gasteiger partial charge in [0.25, 0.3) is 0 Å². The summed E-state index contributed by atoms with van der Waals surface area (Å²) in [7, 11) is 0. The quantitative estimate of drug-likeness (QED) is 0.567. The van der Waals surface area contributed by atoms with E-state index in [1.807, 2.05) is 0 Å². The van der Waals surface area contributed by atoms with Gasteiger partial charge in [0.15, 0.2) is 0 Å². The summed E-state index contributed by atoms with van der Waals surface area (Å²) in [6, 6.07) is 4.35. The minimum atomic E-state index is 0.355. The van der Waals surface area contributed by atoms with Crippen LogP contribution in [-0.2, 0) is 5.54 Å². The van der Waals surface area contributed by atoms with E-state index >= 15 is 0 Å². The second-order valence-electron chi connectivity index (χ2n) is 6.98. The van der Waals surface area contributed by atoms with Gasteiger partial charge in [-0.2, -0.15) is 0 Å². The molecule has 20 heavy (non-hydrogen) atoms. The molecule has 1 aliphatic carbocycles. The maximum Gasteiger partial charge on any atom is 0.0411 e. The summed E-state index contributed by atoms with van der Waals surface area (Å²) in [5.74, 6) is 0. The van der Waals surface area contributed by atoms with E-state index in [4.69, 9.17) is 0 Å². The molecule has 0 aromatic carbocycles. The average molecular weight is 275 g/mol. The van der Waals surface area contributed by atoms with Crippen LogP contribution in [0.3, 0.4) is 0 Å². The van der Waals surface area contributed by atoms with Crippen molar-refractivity contribution in [1.82, 2.24) is 4.57 Å². The third-order valence-corrected chi connectivity index (χ3v) is 5.16. The summed E-state index contributed by atoms with van der Waals surface area (Å²) in [5.41, 5.74) is 0.355. The van der Waals surface area contributed by atoms with Crippen molar-refractivity contribution in [2.75, 3.05) is 0 Å². The van der Waals surface area contributed by atoms with Crippen LogP contribution in [0.2, 0.25) is 0 Å². The van der Waals surface area contributed by atoms with E-state index in [-0.39, 0.29) is 0 Å². The second kappa shape index (κ2) is 8.54. The number of nitrogens with zero attached hydrogens (tertiary/aromatic N) is 1. The number of hydrogen-bond donors (Lipinski definition) is 0. The molecule has 1 heterocycles. The van der Waals surface area contributed by atoms with Crippen LogP contribution < -0.4 is 0 Å². The van der Waals surface area contributed by atoms with Crippen molar-refractivity contribution in [1.29, 1.82) is 0 Å². The fraction of sp³-hybridized carbons (Fsp3) is 0.789. The lowest BCUT2D eigenvalue weighted by Gasteiger charge is -2.32. The maximum absolute atomic E-state index is 2.47. The molecule has 2 rings (SSSR count). The van der Waals surface area contributed by atoms with Gasteiger partial charge in [0.1, 0.15) is 0 Å². The molecule has 114 valence electrons. The van der Waals surface area contributed by atoms with Crippen molar-refractivity contribution in [2.45, 2.75) is 95.9 Å². The summed E-state index contributed by atoms with van der Waals surface area (Å²) in [4.78, 5) is 0. The van der Waals surface area contributed by atoms with E-state index in [1.54, 1.807) is 0 Å². The first-order valence-electron chi connectivity index (χ1n) is 8.95. The fourth-order valence-electron chi connectivity index (χ4n) is 3.68. The summed E-state index contributed by atoms with van der Waals surface area (Å²) in [6.07, 6.45) is 23.1. The highest BCUT2D eigenvalue weighted by atomic mass is 15.0. The van der Waals surface area contributed by atoms with E-state index in [9.17, 15) is 0 Å². The molecule has 1 aromatic rings. The van der Waals surface area contributed by atoms with Crippen LogP contribution in [0.25, 0.3) is 0 Å². The zero-order chi connectivity index (χ0) is 14.1. The smallest absolute Gasteiger partial charge is 0.0411 e. The first kappa shape index (κ1) is 15.7. The Bertz CT molecular complexity index is 325. The number of aromatic nitrogens is 1. The topological polar surface area (TPSA) is 4.93 Å². The molecule has 0 saturated heterocycles. The Morgan fingerprint density at radius 2 is 0.950 bits per heavy atom. The Morgan fingerprint density at radius 3 is 1.35 bits per heavy atom. The van der Waals surface area contributed by atoms with Gasteiger partial charge >= 0.3 is 0 Å². The van der Waals surface area contributed by atoms with Gasteiger partial charge in [-0.1, -0.05) is 70.6 Å². The van der Waals surface area contributed by atoms with Crippen LogP contribution in [0.4, 0.5) is 0 Å². The Morgan fingerprint density at radius 1 is 0.600 bits per heavy atom. The predicted molar refractivity (Wildman–Crippen MR) is 88.1 cm³/mol. The summed E-state index contributed by atoms with van der Waals surface area (Å²) in [6.45, 7) is 2.47. The molecular weight excluding hydrogens is 242 g/mol. The third-order valence-electron chi connectivity index (χ3n) is 5.16. The van der Waals surface area contributed by atoms with E-state index in [2.05, 4.69) is 36.0 Å². The molecule has 0 unspecified atom stereocenters.